The molecule has 1 fully saturated rings. The summed E-state index contributed by atoms with van der Waals surface area (Å²) in [6, 6.07) is 14.0. The van der Waals surface area contributed by atoms with Gasteiger partial charge >= 0.3 is 0 Å². The van der Waals surface area contributed by atoms with Crippen molar-refractivity contribution in [3.8, 4) is 0 Å². The first-order valence-electron chi connectivity index (χ1n) is 11.8. The van der Waals surface area contributed by atoms with E-state index in [1.165, 1.54) is 12.1 Å². The highest BCUT2D eigenvalue weighted by atomic mass is 19.1. The molecule has 2 aromatic carbocycles. The molecule has 2 heterocycles. The van der Waals surface area contributed by atoms with Crippen LogP contribution in [-0.4, -0.2) is 66.5 Å². The summed E-state index contributed by atoms with van der Waals surface area (Å²) in [5.74, 6) is -0.303. The van der Waals surface area contributed by atoms with Gasteiger partial charge in [0.1, 0.15) is 5.82 Å². The minimum atomic E-state index is -0.403. The third-order valence-electron chi connectivity index (χ3n) is 6.56. The third-order valence-corrected chi connectivity index (χ3v) is 6.56. The number of halogens is 1. The molecule has 0 aromatic heterocycles. The second-order valence-corrected chi connectivity index (χ2v) is 8.80. The number of hydrogen-bond donors (Lipinski definition) is 1. The fourth-order valence-electron chi connectivity index (χ4n) is 4.57. The maximum atomic E-state index is 13.2. The largest absolute Gasteiger partial charge is 0.375 e. The van der Waals surface area contributed by atoms with Crippen molar-refractivity contribution >= 4 is 11.8 Å². The van der Waals surface area contributed by atoms with Crippen LogP contribution in [-0.2, 0) is 33.7 Å². The fourth-order valence-corrected chi connectivity index (χ4v) is 4.57. The second kappa shape index (κ2) is 10.9. The Kier molecular flexibility index (Phi) is 7.73. The van der Waals surface area contributed by atoms with Gasteiger partial charge in [0, 0.05) is 26.2 Å². The number of carbonyl (C=O) groups is 2. The molecular formula is C26H32FN3O3. The molecule has 0 radical (unpaired) electrons. The zero-order valence-electron chi connectivity index (χ0n) is 19.1. The monoisotopic (exact) mass is 453 g/mol. The lowest BCUT2D eigenvalue weighted by Crippen LogP contribution is -2.55. The molecule has 7 heteroatoms. The zero-order chi connectivity index (χ0) is 23.2. The van der Waals surface area contributed by atoms with E-state index >= 15 is 0 Å². The van der Waals surface area contributed by atoms with Crippen LogP contribution < -0.4 is 5.32 Å². The zero-order valence-corrected chi connectivity index (χ0v) is 19.1. The van der Waals surface area contributed by atoms with Crippen molar-refractivity contribution in [2.45, 2.75) is 44.9 Å². The highest BCUT2D eigenvalue weighted by Crippen LogP contribution is 2.24. The standard InChI is InChI=1S/C26H32FN3O3/c1-2-23-17-29(13-14-33-23)25(31)18-30-16-21-6-4-3-5-20(21)15-24(30)26(32)28-12-11-19-7-9-22(27)10-8-19/h3-10,23-24H,2,11-18H2,1H3,(H,28,32). The first kappa shape index (κ1) is 23.4. The van der Waals surface area contributed by atoms with Gasteiger partial charge in [-0.15, -0.1) is 0 Å². The van der Waals surface area contributed by atoms with Gasteiger partial charge in [0.25, 0.3) is 0 Å². The average Bonchev–Trinajstić information content (AvgIpc) is 2.84. The number of carbonyl (C=O) groups excluding carboxylic acids is 2. The lowest BCUT2D eigenvalue weighted by atomic mass is 9.93. The number of nitrogens with one attached hydrogen (secondary N) is 1. The van der Waals surface area contributed by atoms with Crippen molar-refractivity contribution in [3.05, 3.63) is 71.0 Å². The molecule has 2 amide bonds. The smallest absolute Gasteiger partial charge is 0.237 e. The number of benzene rings is 2. The van der Waals surface area contributed by atoms with Crippen molar-refractivity contribution in [3.63, 3.8) is 0 Å². The molecule has 2 unspecified atom stereocenters. The Hall–Kier alpha value is -2.77. The van der Waals surface area contributed by atoms with Crippen LogP contribution in [0.4, 0.5) is 4.39 Å². The quantitative estimate of drug-likeness (QED) is 0.700. The Morgan fingerprint density at radius 3 is 2.64 bits per heavy atom. The van der Waals surface area contributed by atoms with Gasteiger partial charge in [0.15, 0.2) is 0 Å². The summed E-state index contributed by atoms with van der Waals surface area (Å²) >= 11 is 0. The molecule has 4 rings (SSSR count). The van der Waals surface area contributed by atoms with E-state index in [0.29, 0.717) is 45.6 Å². The number of ether oxygens (including phenoxy) is 1. The number of hydrogen-bond acceptors (Lipinski definition) is 4. The molecule has 2 aromatic rings. The van der Waals surface area contributed by atoms with E-state index in [2.05, 4.69) is 24.4 Å². The molecule has 33 heavy (non-hydrogen) atoms. The van der Waals surface area contributed by atoms with Gasteiger partial charge < -0.3 is 15.0 Å². The van der Waals surface area contributed by atoms with Gasteiger partial charge in [-0.25, -0.2) is 4.39 Å². The highest BCUT2D eigenvalue weighted by molar-refractivity contribution is 5.84. The van der Waals surface area contributed by atoms with E-state index in [9.17, 15) is 14.0 Å². The number of fused-ring (bicyclic) bond motifs is 1. The molecule has 0 saturated carbocycles. The maximum Gasteiger partial charge on any atom is 0.237 e. The summed E-state index contributed by atoms with van der Waals surface area (Å²) in [6.07, 6.45) is 2.16. The van der Waals surface area contributed by atoms with E-state index < -0.39 is 6.04 Å². The predicted molar refractivity (Wildman–Crippen MR) is 124 cm³/mol. The Morgan fingerprint density at radius 2 is 1.88 bits per heavy atom. The van der Waals surface area contributed by atoms with Crippen LogP contribution in [0, 0.1) is 5.82 Å². The van der Waals surface area contributed by atoms with E-state index in [0.717, 1.165) is 23.1 Å². The number of rotatable bonds is 7. The topological polar surface area (TPSA) is 61.9 Å². The van der Waals surface area contributed by atoms with Crippen LogP contribution in [0.5, 0.6) is 0 Å². The number of nitrogens with zero attached hydrogens (tertiary/aromatic N) is 2. The Balaban J connectivity index is 1.41. The summed E-state index contributed by atoms with van der Waals surface area (Å²) in [5, 5.41) is 3.03. The summed E-state index contributed by atoms with van der Waals surface area (Å²) in [5.41, 5.74) is 3.28. The van der Waals surface area contributed by atoms with Gasteiger partial charge in [-0.2, -0.15) is 0 Å². The summed E-state index contributed by atoms with van der Waals surface area (Å²) in [7, 11) is 0. The van der Waals surface area contributed by atoms with Crippen LogP contribution in [0.3, 0.4) is 0 Å². The third kappa shape index (κ3) is 5.97. The Labute approximate surface area is 194 Å². The van der Waals surface area contributed by atoms with Crippen LogP contribution in [0.25, 0.3) is 0 Å². The molecular weight excluding hydrogens is 421 g/mol. The Bertz CT molecular complexity index is 966. The molecule has 0 bridgehead atoms. The van der Waals surface area contributed by atoms with Gasteiger partial charge in [-0.3, -0.25) is 14.5 Å². The first-order valence-corrected chi connectivity index (χ1v) is 11.8. The number of amides is 2. The summed E-state index contributed by atoms with van der Waals surface area (Å²) in [6.45, 7) is 5.06. The molecule has 0 aliphatic carbocycles. The van der Waals surface area contributed by atoms with E-state index in [-0.39, 0.29) is 30.3 Å². The molecule has 1 N–H and O–H groups in total. The van der Waals surface area contributed by atoms with E-state index in [1.807, 2.05) is 21.9 Å². The summed E-state index contributed by atoms with van der Waals surface area (Å²) in [4.78, 5) is 30.1. The van der Waals surface area contributed by atoms with Crippen LogP contribution in [0.2, 0.25) is 0 Å². The molecule has 2 atom stereocenters. The average molecular weight is 454 g/mol. The predicted octanol–water partition coefficient (Wildman–Crippen LogP) is 2.55. The molecule has 6 nitrogen and oxygen atoms in total. The van der Waals surface area contributed by atoms with Crippen molar-refractivity contribution in [1.29, 1.82) is 0 Å². The molecule has 0 spiro atoms. The van der Waals surface area contributed by atoms with Gasteiger partial charge in [-0.05, 0) is 48.1 Å². The minimum Gasteiger partial charge on any atom is -0.375 e. The maximum absolute atomic E-state index is 13.2. The van der Waals surface area contributed by atoms with E-state index in [4.69, 9.17) is 4.74 Å². The van der Waals surface area contributed by atoms with Gasteiger partial charge in [0.05, 0.1) is 25.3 Å². The van der Waals surface area contributed by atoms with Crippen molar-refractivity contribution in [2.24, 2.45) is 0 Å². The molecule has 2 aliphatic heterocycles. The van der Waals surface area contributed by atoms with Crippen molar-refractivity contribution in [1.82, 2.24) is 15.1 Å². The van der Waals surface area contributed by atoms with E-state index in [1.54, 1.807) is 12.1 Å². The van der Waals surface area contributed by atoms with Gasteiger partial charge in [0.2, 0.25) is 11.8 Å². The lowest BCUT2D eigenvalue weighted by molar-refractivity contribution is -0.142. The highest BCUT2D eigenvalue weighted by Gasteiger charge is 2.34. The fraction of sp³-hybridized carbons (Fsp3) is 0.462. The SMILES string of the molecule is CCC1CN(C(=O)CN2Cc3ccccc3CC2C(=O)NCCc2ccc(F)cc2)CCO1. The normalized spacial score (nSPS) is 20.8. The van der Waals surface area contributed by atoms with Crippen LogP contribution >= 0.6 is 0 Å². The first-order chi connectivity index (χ1) is 16.0. The second-order valence-electron chi connectivity index (χ2n) is 8.80. The van der Waals surface area contributed by atoms with Crippen LogP contribution in [0.15, 0.2) is 48.5 Å². The molecule has 1 saturated heterocycles. The lowest BCUT2D eigenvalue weighted by Gasteiger charge is -2.38. The number of morpholine rings is 1. The van der Waals surface area contributed by atoms with Crippen molar-refractivity contribution in [2.75, 3.05) is 32.8 Å². The minimum absolute atomic E-state index is 0.0419. The molecule has 176 valence electrons. The molecule has 2 aliphatic rings. The van der Waals surface area contributed by atoms with Crippen molar-refractivity contribution < 1.29 is 18.7 Å². The van der Waals surface area contributed by atoms with Gasteiger partial charge in [-0.1, -0.05) is 43.3 Å². The van der Waals surface area contributed by atoms with Crippen LogP contribution in [0.1, 0.15) is 30.0 Å². The summed E-state index contributed by atoms with van der Waals surface area (Å²) < 4.78 is 18.8. The Morgan fingerprint density at radius 1 is 1.12 bits per heavy atom.